The molecular weight excluding hydrogens is 234 g/mol. The summed E-state index contributed by atoms with van der Waals surface area (Å²) in [6, 6.07) is 0.547. The van der Waals surface area contributed by atoms with Crippen LogP contribution in [0.5, 0.6) is 0 Å². The van der Waals surface area contributed by atoms with Crippen molar-refractivity contribution in [1.29, 1.82) is 0 Å². The summed E-state index contributed by atoms with van der Waals surface area (Å²) in [5.74, 6) is 0.277. The molecule has 2 unspecified atom stereocenters. The van der Waals surface area contributed by atoms with Crippen LogP contribution in [0.4, 0.5) is 0 Å². The molecule has 0 aromatic carbocycles. The molecule has 1 amide bonds. The fourth-order valence-electron chi connectivity index (χ4n) is 2.64. The molecule has 5 heteroatoms. The number of nitrogens with two attached hydrogens (primary N) is 1. The van der Waals surface area contributed by atoms with Crippen LogP contribution in [0.1, 0.15) is 43.0 Å². The summed E-state index contributed by atoms with van der Waals surface area (Å²) in [7, 11) is 0. The van der Waals surface area contributed by atoms with Gasteiger partial charge in [0, 0.05) is 29.6 Å². The van der Waals surface area contributed by atoms with Gasteiger partial charge in [-0.3, -0.25) is 9.78 Å². The van der Waals surface area contributed by atoms with E-state index < -0.39 is 0 Å². The van der Waals surface area contributed by atoms with Gasteiger partial charge < -0.3 is 10.6 Å². The number of hydrogen-bond acceptors (Lipinski definition) is 4. The normalized spacial score (nSPS) is 30.4. The molecule has 92 valence electrons. The SMILES string of the molecule is NC1CCCC(=O)N(C2CC2)C1c1cncs1. The van der Waals surface area contributed by atoms with E-state index in [2.05, 4.69) is 4.98 Å². The molecule has 2 N–H and O–H groups in total. The second-order valence-corrected chi connectivity index (χ2v) is 5.85. The van der Waals surface area contributed by atoms with Crippen molar-refractivity contribution in [2.45, 2.75) is 50.2 Å². The highest BCUT2D eigenvalue weighted by Crippen LogP contribution is 2.40. The lowest BCUT2D eigenvalue weighted by Gasteiger charge is -2.32. The van der Waals surface area contributed by atoms with E-state index in [-0.39, 0.29) is 18.0 Å². The van der Waals surface area contributed by atoms with Crippen LogP contribution in [0, 0.1) is 0 Å². The number of thiazole rings is 1. The first-order valence-corrected chi connectivity index (χ1v) is 7.10. The van der Waals surface area contributed by atoms with Gasteiger partial charge in [-0.1, -0.05) is 0 Å². The minimum atomic E-state index is 0.0579. The molecule has 1 aliphatic heterocycles. The quantitative estimate of drug-likeness (QED) is 0.870. The molecular formula is C12H17N3OS. The predicted molar refractivity (Wildman–Crippen MR) is 66.5 cm³/mol. The van der Waals surface area contributed by atoms with Crippen LogP contribution < -0.4 is 5.73 Å². The smallest absolute Gasteiger partial charge is 0.223 e. The van der Waals surface area contributed by atoms with E-state index in [1.54, 1.807) is 11.3 Å². The second-order valence-electron chi connectivity index (χ2n) is 4.94. The molecule has 2 heterocycles. The summed E-state index contributed by atoms with van der Waals surface area (Å²) in [4.78, 5) is 19.5. The summed E-state index contributed by atoms with van der Waals surface area (Å²) in [6.45, 7) is 0. The van der Waals surface area contributed by atoms with Gasteiger partial charge in [-0.15, -0.1) is 11.3 Å². The molecule has 2 fully saturated rings. The number of rotatable bonds is 2. The fourth-order valence-corrected chi connectivity index (χ4v) is 3.43. The highest BCUT2D eigenvalue weighted by molar-refractivity contribution is 7.09. The Morgan fingerprint density at radius 1 is 1.41 bits per heavy atom. The molecule has 2 atom stereocenters. The first kappa shape index (κ1) is 11.2. The number of carbonyl (C=O) groups excluding carboxylic acids is 1. The van der Waals surface area contributed by atoms with Crippen molar-refractivity contribution in [2.24, 2.45) is 5.73 Å². The van der Waals surface area contributed by atoms with Crippen LogP contribution >= 0.6 is 11.3 Å². The Morgan fingerprint density at radius 3 is 2.88 bits per heavy atom. The van der Waals surface area contributed by atoms with E-state index in [1.165, 1.54) is 0 Å². The van der Waals surface area contributed by atoms with E-state index in [1.807, 2.05) is 16.6 Å². The minimum absolute atomic E-state index is 0.0579. The molecule has 1 aromatic heterocycles. The van der Waals surface area contributed by atoms with E-state index in [9.17, 15) is 4.79 Å². The van der Waals surface area contributed by atoms with E-state index in [4.69, 9.17) is 5.73 Å². The van der Waals surface area contributed by atoms with Crippen molar-refractivity contribution in [3.05, 3.63) is 16.6 Å². The highest BCUT2D eigenvalue weighted by Gasteiger charge is 2.42. The van der Waals surface area contributed by atoms with Gasteiger partial charge in [0.25, 0.3) is 0 Å². The Bertz CT molecular complexity index is 402. The minimum Gasteiger partial charge on any atom is -0.330 e. The van der Waals surface area contributed by atoms with Crippen molar-refractivity contribution < 1.29 is 4.79 Å². The Kier molecular flexibility index (Phi) is 2.88. The Balaban J connectivity index is 1.95. The maximum Gasteiger partial charge on any atom is 0.223 e. The standard InChI is InChI=1S/C12H17N3OS/c13-9-2-1-3-11(16)15(8-4-5-8)12(9)10-6-14-7-17-10/h6-9,12H,1-5,13H2. The van der Waals surface area contributed by atoms with Crippen LogP contribution in [-0.2, 0) is 4.79 Å². The summed E-state index contributed by atoms with van der Waals surface area (Å²) in [6.07, 6.45) is 6.63. The third-order valence-electron chi connectivity index (χ3n) is 3.60. The van der Waals surface area contributed by atoms with Crippen LogP contribution in [0.25, 0.3) is 0 Å². The molecule has 3 rings (SSSR count). The number of carbonyl (C=O) groups is 1. The zero-order valence-electron chi connectivity index (χ0n) is 9.71. The fraction of sp³-hybridized carbons (Fsp3) is 0.667. The molecule has 1 aliphatic carbocycles. The first-order valence-electron chi connectivity index (χ1n) is 6.22. The molecule has 1 saturated carbocycles. The average molecular weight is 251 g/mol. The van der Waals surface area contributed by atoms with Gasteiger partial charge in [0.2, 0.25) is 5.91 Å². The van der Waals surface area contributed by atoms with Gasteiger partial charge in [-0.25, -0.2) is 0 Å². The van der Waals surface area contributed by atoms with Gasteiger partial charge in [0.15, 0.2) is 0 Å². The van der Waals surface area contributed by atoms with Gasteiger partial charge in [-0.2, -0.15) is 0 Å². The molecule has 0 spiro atoms. The van der Waals surface area contributed by atoms with E-state index >= 15 is 0 Å². The third kappa shape index (κ3) is 2.09. The monoisotopic (exact) mass is 251 g/mol. The van der Waals surface area contributed by atoms with Gasteiger partial charge >= 0.3 is 0 Å². The van der Waals surface area contributed by atoms with Crippen molar-refractivity contribution in [3.8, 4) is 0 Å². The van der Waals surface area contributed by atoms with Crippen LogP contribution in [0.15, 0.2) is 11.7 Å². The van der Waals surface area contributed by atoms with Gasteiger partial charge in [0.05, 0.1) is 11.6 Å². The van der Waals surface area contributed by atoms with Crippen molar-refractivity contribution in [2.75, 3.05) is 0 Å². The molecule has 1 saturated heterocycles. The lowest BCUT2D eigenvalue weighted by atomic mass is 10.0. The van der Waals surface area contributed by atoms with Gasteiger partial charge in [0.1, 0.15) is 0 Å². The van der Waals surface area contributed by atoms with Crippen molar-refractivity contribution in [3.63, 3.8) is 0 Å². The number of likely N-dealkylation sites (tertiary alicyclic amines) is 1. The molecule has 4 nitrogen and oxygen atoms in total. The third-order valence-corrected chi connectivity index (χ3v) is 4.45. The summed E-state index contributed by atoms with van der Waals surface area (Å²) >= 11 is 1.61. The maximum absolute atomic E-state index is 12.2. The topological polar surface area (TPSA) is 59.2 Å². The average Bonchev–Trinajstić information content (AvgIpc) is 3.02. The Hall–Kier alpha value is -0.940. The van der Waals surface area contributed by atoms with Crippen molar-refractivity contribution >= 4 is 17.2 Å². The van der Waals surface area contributed by atoms with Gasteiger partial charge in [-0.05, 0) is 25.7 Å². The number of amides is 1. The molecule has 0 bridgehead atoms. The summed E-state index contributed by atoms with van der Waals surface area (Å²) < 4.78 is 0. The first-order chi connectivity index (χ1) is 8.27. The second kappa shape index (κ2) is 4.38. The number of hydrogen-bond donors (Lipinski definition) is 1. The molecule has 17 heavy (non-hydrogen) atoms. The lowest BCUT2D eigenvalue weighted by molar-refractivity contribution is -0.133. The van der Waals surface area contributed by atoms with Crippen molar-refractivity contribution in [1.82, 2.24) is 9.88 Å². The zero-order valence-corrected chi connectivity index (χ0v) is 10.5. The van der Waals surface area contributed by atoms with E-state index in [0.29, 0.717) is 12.5 Å². The largest absolute Gasteiger partial charge is 0.330 e. The van der Waals surface area contributed by atoms with Crippen LogP contribution in [0.3, 0.4) is 0 Å². The highest BCUT2D eigenvalue weighted by atomic mass is 32.1. The molecule has 1 aromatic rings. The molecule has 0 radical (unpaired) electrons. The lowest BCUT2D eigenvalue weighted by Crippen LogP contribution is -2.43. The zero-order chi connectivity index (χ0) is 11.8. The van der Waals surface area contributed by atoms with Crippen LogP contribution in [0.2, 0.25) is 0 Å². The number of nitrogens with zero attached hydrogens (tertiary/aromatic N) is 2. The Labute approximate surface area is 105 Å². The predicted octanol–water partition coefficient (Wildman–Crippen LogP) is 1.69. The summed E-state index contributed by atoms with van der Waals surface area (Å²) in [5, 5.41) is 0. The maximum atomic E-state index is 12.2. The van der Waals surface area contributed by atoms with Crippen LogP contribution in [-0.4, -0.2) is 27.9 Å². The molecule has 2 aliphatic rings. The summed E-state index contributed by atoms with van der Waals surface area (Å²) in [5.41, 5.74) is 8.10. The Morgan fingerprint density at radius 2 is 2.24 bits per heavy atom. The number of aromatic nitrogens is 1. The van der Waals surface area contributed by atoms with E-state index in [0.717, 1.165) is 30.6 Å².